The molecular formula is C14H18N4O2. The molecule has 0 amide bonds. The highest BCUT2D eigenvalue weighted by Gasteiger charge is 2.16. The number of hydrogen-bond donors (Lipinski definition) is 1. The van der Waals surface area contributed by atoms with Crippen LogP contribution in [0.25, 0.3) is 5.69 Å². The molecule has 2 aromatic rings. The fraction of sp³-hybridized carbons (Fsp3) is 0.357. The molecule has 1 N–H and O–H groups in total. The predicted octanol–water partition coefficient (Wildman–Crippen LogP) is 2.59. The predicted molar refractivity (Wildman–Crippen MR) is 77.0 cm³/mol. The monoisotopic (exact) mass is 274 g/mol. The molecule has 0 unspecified atom stereocenters. The summed E-state index contributed by atoms with van der Waals surface area (Å²) in [6.45, 7) is 5.60. The second kappa shape index (κ2) is 6.29. The SMILES string of the molecule is CCCNCc1ccn(-c2cc(C)ccc2[N+](=O)[O-])n1. The molecule has 0 bridgehead atoms. The van der Waals surface area contributed by atoms with Gasteiger partial charge in [-0.3, -0.25) is 10.1 Å². The van der Waals surface area contributed by atoms with Gasteiger partial charge in [0, 0.05) is 18.8 Å². The van der Waals surface area contributed by atoms with Crippen molar-refractivity contribution in [2.75, 3.05) is 6.54 Å². The number of aryl methyl sites for hydroxylation is 1. The maximum atomic E-state index is 11.1. The Labute approximate surface area is 117 Å². The summed E-state index contributed by atoms with van der Waals surface area (Å²) >= 11 is 0. The third kappa shape index (κ3) is 3.21. The van der Waals surface area contributed by atoms with E-state index in [9.17, 15) is 10.1 Å². The number of nitro benzene ring substituents is 1. The van der Waals surface area contributed by atoms with E-state index < -0.39 is 0 Å². The molecule has 2 rings (SSSR count). The minimum absolute atomic E-state index is 0.0618. The average molecular weight is 274 g/mol. The van der Waals surface area contributed by atoms with Crippen molar-refractivity contribution in [3.05, 3.63) is 51.8 Å². The Hall–Kier alpha value is -2.21. The molecule has 0 saturated heterocycles. The molecule has 106 valence electrons. The van der Waals surface area contributed by atoms with Crippen LogP contribution in [0.2, 0.25) is 0 Å². The molecule has 20 heavy (non-hydrogen) atoms. The maximum Gasteiger partial charge on any atom is 0.294 e. The summed E-state index contributed by atoms with van der Waals surface area (Å²) in [7, 11) is 0. The van der Waals surface area contributed by atoms with Crippen molar-refractivity contribution >= 4 is 5.69 Å². The Morgan fingerprint density at radius 2 is 2.20 bits per heavy atom. The third-order valence-electron chi connectivity index (χ3n) is 2.95. The lowest BCUT2D eigenvalue weighted by molar-refractivity contribution is -0.384. The van der Waals surface area contributed by atoms with Crippen LogP contribution < -0.4 is 5.32 Å². The maximum absolute atomic E-state index is 11.1. The quantitative estimate of drug-likeness (QED) is 0.499. The highest BCUT2D eigenvalue weighted by molar-refractivity contribution is 5.53. The zero-order chi connectivity index (χ0) is 14.5. The number of nitro groups is 1. The molecule has 0 atom stereocenters. The summed E-state index contributed by atoms with van der Waals surface area (Å²) in [6.07, 6.45) is 2.81. The number of rotatable bonds is 6. The van der Waals surface area contributed by atoms with Crippen LogP contribution in [0.5, 0.6) is 0 Å². The van der Waals surface area contributed by atoms with E-state index >= 15 is 0 Å². The number of benzene rings is 1. The van der Waals surface area contributed by atoms with Crippen molar-refractivity contribution in [1.29, 1.82) is 0 Å². The zero-order valence-corrected chi connectivity index (χ0v) is 11.7. The Morgan fingerprint density at radius 3 is 2.90 bits per heavy atom. The van der Waals surface area contributed by atoms with E-state index in [0.717, 1.165) is 24.2 Å². The van der Waals surface area contributed by atoms with Crippen LogP contribution in [0.1, 0.15) is 24.6 Å². The minimum Gasteiger partial charge on any atom is -0.311 e. The topological polar surface area (TPSA) is 73.0 Å². The summed E-state index contributed by atoms with van der Waals surface area (Å²) in [5.41, 5.74) is 2.39. The van der Waals surface area contributed by atoms with Gasteiger partial charge in [-0.2, -0.15) is 5.10 Å². The van der Waals surface area contributed by atoms with Crippen molar-refractivity contribution in [2.24, 2.45) is 0 Å². The molecule has 0 aliphatic heterocycles. The van der Waals surface area contributed by atoms with Gasteiger partial charge in [0.2, 0.25) is 0 Å². The Morgan fingerprint density at radius 1 is 1.40 bits per heavy atom. The molecule has 0 aliphatic carbocycles. The van der Waals surface area contributed by atoms with Gasteiger partial charge in [0.05, 0.1) is 10.6 Å². The molecule has 0 radical (unpaired) electrons. The van der Waals surface area contributed by atoms with Crippen molar-refractivity contribution in [3.8, 4) is 5.69 Å². The molecular weight excluding hydrogens is 256 g/mol. The van der Waals surface area contributed by atoms with Gasteiger partial charge in [-0.05, 0) is 37.6 Å². The van der Waals surface area contributed by atoms with Crippen LogP contribution in [0.4, 0.5) is 5.69 Å². The summed E-state index contributed by atoms with van der Waals surface area (Å²) in [5.74, 6) is 0. The zero-order valence-electron chi connectivity index (χ0n) is 11.7. The lowest BCUT2D eigenvalue weighted by Crippen LogP contribution is -2.14. The average Bonchev–Trinajstić information content (AvgIpc) is 2.87. The molecule has 1 aromatic carbocycles. The first-order valence-corrected chi connectivity index (χ1v) is 6.62. The fourth-order valence-corrected chi connectivity index (χ4v) is 1.95. The molecule has 0 aliphatic rings. The summed E-state index contributed by atoms with van der Waals surface area (Å²) in [4.78, 5) is 10.7. The summed E-state index contributed by atoms with van der Waals surface area (Å²) in [6, 6.07) is 6.89. The lowest BCUT2D eigenvalue weighted by Gasteiger charge is -2.04. The largest absolute Gasteiger partial charge is 0.311 e. The van der Waals surface area contributed by atoms with Crippen LogP contribution in [0.3, 0.4) is 0 Å². The highest BCUT2D eigenvalue weighted by Crippen LogP contribution is 2.23. The normalized spacial score (nSPS) is 10.7. The molecule has 6 heteroatoms. The number of aromatic nitrogens is 2. The van der Waals surface area contributed by atoms with Crippen molar-refractivity contribution < 1.29 is 4.92 Å². The van der Waals surface area contributed by atoms with E-state index in [1.54, 1.807) is 23.0 Å². The highest BCUT2D eigenvalue weighted by atomic mass is 16.6. The number of nitrogens with one attached hydrogen (secondary N) is 1. The van der Waals surface area contributed by atoms with Gasteiger partial charge in [-0.25, -0.2) is 4.68 Å². The van der Waals surface area contributed by atoms with Gasteiger partial charge in [0.25, 0.3) is 5.69 Å². The van der Waals surface area contributed by atoms with Crippen LogP contribution in [0, 0.1) is 17.0 Å². The first-order chi connectivity index (χ1) is 9.61. The van der Waals surface area contributed by atoms with Crippen molar-refractivity contribution in [2.45, 2.75) is 26.8 Å². The van der Waals surface area contributed by atoms with E-state index in [-0.39, 0.29) is 10.6 Å². The van der Waals surface area contributed by atoms with E-state index in [0.29, 0.717) is 12.2 Å². The Balaban J connectivity index is 2.27. The first kappa shape index (κ1) is 14.2. The Bertz CT molecular complexity index is 607. The van der Waals surface area contributed by atoms with Gasteiger partial charge >= 0.3 is 0 Å². The van der Waals surface area contributed by atoms with Crippen molar-refractivity contribution in [1.82, 2.24) is 15.1 Å². The lowest BCUT2D eigenvalue weighted by atomic mass is 10.2. The minimum atomic E-state index is -0.383. The fourth-order valence-electron chi connectivity index (χ4n) is 1.95. The van der Waals surface area contributed by atoms with Gasteiger partial charge in [-0.15, -0.1) is 0 Å². The third-order valence-corrected chi connectivity index (χ3v) is 2.95. The molecule has 1 aromatic heterocycles. The van der Waals surface area contributed by atoms with Gasteiger partial charge in [-0.1, -0.05) is 13.0 Å². The molecule has 6 nitrogen and oxygen atoms in total. The standard InChI is InChI=1S/C14H18N4O2/c1-3-7-15-10-12-6-8-17(16-12)14-9-11(2)4-5-13(14)18(19)20/h4-6,8-9,15H,3,7,10H2,1-2H3. The first-order valence-electron chi connectivity index (χ1n) is 6.62. The van der Waals surface area contributed by atoms with Gasteiger partial charge in [0.1, 0.15) is 5.69 Å². The van der Waals surface area contributed by atoms with Gasteiger partial charge in [0.15, 0.2) is 0 Å². The van der Waals surface area contributed by atoms with E-state index in [4.69, 9.17) is 0 Å². The van der Waals surface area contributed by atoms with Crippen molar-refractivity contribution in [3.63, 3.8) is 0 Å². The summed E-state index contributed by atoms with van der Waals surface area (Å²) in [5, 5.41) is 18.7. The molecule has 0 fully saturated rings. The van der Waals surface area contributed by atoms with E-state index in [1.807, 2.05) is 13.0 Å². The van der Waals surface area contributed by atoms with Crippen LogP contribution in [-0.2, 0) is 6.54 Å². The molecule has 0 spiro atoms. The Kier molecular flexibility index (Phi) is 4.47. The van der Waals surface area contributed by atoms with E-state index in [2.05, 4.69) is 17.3 Å². The van der Waals surface area contributed by atoms with Crippen LogP contribution >= 0.6 is 0 Å². The van der Waals surface area contributed by atoms with Crippen LogP contribution in [-0.4, -0.2) is 21.2 Å². The van der Waals surface area contributed by atoms with Crippen LogP contribution in [0.15, 0.2) is 30.5 Å². The van der Waals surface area contributed by atoms with E-state index in [1.165, 1.54) is 6.07 Å². The number of hydrogen-bond acceptors (Lipinski definition) is 4. The molecule has 1 heterocycles. The number of nitrogens with zero attached hydrogens (tertiary/aromatic N) is 3. The second-order valence-corrected chi connectivity index (χ2v) is 4.68. The molecule has 0 saturated carbocycles. The second-order valence-electron chi connectivity index (χ2n) is 4.68. The van der Waals surface area contributed by atoms with Gasteiger partial charge < -0.3 is 5.32 Å². The summed E-state index contributed by atoms with van der Waals surface area (Å²) < 4.78 is 1.56. The smallest absolute Gasteiger partial charge is 0.294 e.